The number of aromatic nitrogens is 2. The third kappa shape index (κ3) is 2.46. The summed E-state index contributed by atoms with van der Waals surface area (Å²) in [4.78, 5) is 20.4. The predicted octanol–water partition coefficient (Wildman–Crippen LogP) is 2.72. The van der Waals surface area contributed by atoms with Gasteiger partial charge in [0.05, 0.1) is 22.9 Å². The Morgan fingerprint density at radius 2 is 1.95 bits per heavy atom. The Bertz CT molecular complexity index is 831. The van der Waals surface area contributed by atoms with Gasteiger partial charge in [-0.2, -0.15) is 0 Å². The third-order valence-electron chi connectivity index (χ3n) is 3.33. The van der Waals surface area contributed by atoms with Gasteiger partial charge in [0.25, 0.3) is 5.91 Å². The van der Waals surface area contributed by atoms with E-state index in [0.29, 0.717) is 16.6 Å². The van der Waals surface area contributed by atoms with Gasteiger partial charge in [-0.15, -0.1) is 0 Å². The highest BCUT2D eigenvalue weighted by atomic mass is 16.5. The van der Waals surface area contributed by atoms with E-state index >= 15 is 0 Å². The van der Waals surface area contributed by atoms with Gasteiger partial charge in [-0.25, -0.2) is 10.5 Å². The molecule has 1 aromatic heterocycles. The monoisotopic (exact) mass is 279 g/mol. The lowest BCUT2D eigenvalue weighted by Gasteiger charge is -2.06. The largest absolute Gasteiger partial charge is 0.288 e. The minimum Gasteiger partial charge on any atom is -0.288 e. The zero-order chi connectivity index (χ0) is 14.8. The molecule has 1 heterocycles. The standard InChI is InChI=1S/C16H13N3O2/c1-10-4-2-3-5-12(10)15-9-17-13-7-6-11(16(20)19-21)8-14(13)18-15/h2-9,21H,1H3,(H,19,20). The average Bonchev–Trinajstić information content (AvgIpc) is 2.53. The van der Waals surface area contributed by atoms with Gasteiger partial charge in [-0.05, 0) is 30.7 Å². The molecule has 0 radical (unpaired) electrons. The number of carbonyl (C=O) groups excluding carboxylic acids is 1. The van der Waals surface area contributed by atoms with Crippen molar-refractivity contribution in [2.24, 2.45) is 0 Å². The van der Waals surface area contributed by atoms with Crippen molar-refractivity contribution in [3.05, 3.63) is 59.8 Å². The van der Waals surface area contributed by atoms with Crippen molar-refractivity contribution in [1.29, 1.82) is 0 Å². The first kappa shape index (κ1) is 13.2. The van der Waals surface area contributed by atoms with Gasteiger partial charge in [-0.1, -0.05) is 24.3 Å². The van der Waals surface area contributed by atoms with Crippen LogP contribution in [0.15, 0.2) is 48.7 Å². The minimum absolute atomic E-state index is 0.334. The maximum atomic E-state index is 11.5. The van der Waals surface area contributed by atoms with Crippen LogP contribution in [-0.2, 0) is 0 Å². The summed E-state index contributed by atoms with van der Waals surface area (Å²) < 4.78 is 0. The molecule has 3 aromatic rings. The minimum atomic E-state index is -0.569. The van der Waals surface area contributed by atoms with Crippen molar-refractivity contribution in [2.45, 2.75) is 6.92 Å². The van der Waals surface area contributed by atoms with Gasteiger partial charge in [0.2, 0.25) is 0 Å². The second-order valence-corrected chi connectivity index (χ2v) is 4.71. The van der Waals surface area contributed by atoms with Crippen molar-refractivity contribution < 1.29 is 10.0 Å². The van der Waals surface area contributed by atoms with Crippen molar-refractivity contribution >= 4 is 16.9 Å². The van der Waals surface area contributed by atoms with Crippen LogP contribution in [0.4, 0.5) is 0 Å². The van der Waals surface area contributed by atoms with Gasteiger partial charge in [0, 0.05) is 11.1 Å². The number of hydrogen-bond donors (Lipinski definition) is 2. The molecule has 104 valence electrons. The molecule has 0 fully saturated rings. The van der Waals surface area contributed by atoms with Crippen molar-refractivity contribution in [3.63, 3.8) is 0 Å². The number of fused-ring (bicyclic) bond motifs is 1. The highest BCUT2D eigenvalue weighted by Crippen LogP contribution is 2.22. The number of nitrogens with zero attached hydrogens (tertiary/aromatic N) is 2. The van der Waals surface area contributed by atoms with Crippen molar-refractivity contribution in [3.8, 4) is 11.3 Å². The molecule has 2 N–H and O–H groups in total. The van der Waals surface area contributed by atoms with E-state index in [-0.39, 0.29) is 0 Å². The molecule has 0 aliphatic rings. The molecule has 5 nitrogen and oxygen atoms in total. The van der Waals surface area contributed by atoms with E-state index in [0.717, 1.165) is 16.8 Å². The Morgan fingerprint density at radius 3 is 2.71 bits per heavy atom. The molecule has 21 heavy (non-hydrogen) atoms. The van der Waals surface area contributed by atoms with E-state index in [4.69, 9.17) is 5.21 Å². The summed E-state index contributed by atoms with van der Waals surface area (Å²) in [6.07, 6.45) is 1.72. The highest BCUT2D eigenvalue weighted by Gasteiger charge is 2.08. The Labute approximate surface area is 121 Å². The van der Waals surface area contributed by atoms with Gasteiger partial charge in [0.1, 0.15) is 0 Å². The summed E-state index contributed by atoms with van der Waals surface area (Å²) in [6, 6.07) is 12.8. The number of hydrogen-bond acceptors (Lipinski definition) is 4. The number of benzene rings is 2. The fourth-order valence-electron chi connectivity index (χ4n) is 2.21. The summed E-state index contributed by atoms with van der Waals surface area (Å²) in [5.74, 6) is -0.569. The summed E-state index contributed by atoms with van der Waals surface area (Å²) in [5, 5.41) is 8.69. The molecule has 5 heteroatoms. The maximum Gasteiger partial charge on any atom is 0.274 e. The molecule has 0 atom stereocenters. The number of aryl methyl sites for hydroxylation is 1. The molecule has 0 aliphatic carbocycles. The summed E-state index contributed by atoms with van der Waals surface area (Å²) in [6.45, 7) is 2.01. The van der Waals surface area contributed by atoms with Crippen LogP contribution in [0.3, 0.4) is 0 Å². The van der Waals surface area contributed by atoms with Crippen LogP contribution in [0.25, 0.3) is 22.3 Å². The molecule has 0 saturated carbocycles. The molecule has 3 rings (SSSR count). The molecule has 0 bridgehead atoms. The molecule has 2 aromatic carbocycles. The van der Waals surface area contributed by atoms with E-state index in [2.05, 4.69) is 9.97 Å². The van der Waals surface area contributed by atoms with Crippen molar-refractivity contribution in [2.75, 3.05) is 0 Å². The molecular weight excluding hydrogens is 266 g/mol. The second kappa shape index (κ2) is 5.30. The topological polar surface area (TPSA) is 75.1 Å². The third-order valence-corrected chi connectivity index (χ3v) is 3.33. The Balaban J connectivity index is 2.14. The van der Waals surface area contributed by atoms with E-state index in [9.17, 15) is 4.79 Å². The fourth-order valence-corrected chi connectivity index (χ4v) is 2.21. The first-order chi connectivity index (χ1) is 10.2. The zero-order valence-electron chi connectivity index (χ0n) is 11.4. The molecular formula is C16H13N3O2. The number of nitrogens with one attached hydrogen (secondary N) is 1. The molecule has 0 aliphatic heterocycles. The first-order valence-electron chi connectivity index (χ1n) is 6.46. The Hall–Kier alpha value is -2.79. The van der Waals surface area contributed by atoms with Gasteiger partial charge < -0.3 is 0 Å². The summed E-state index contributed by atoms with van der Waals surface area (Å²) in [7, 11) is 0. The normalized spacial score (nSPS) is 10.6. The highest BCUT2D eigenvalue weighted by molar-refractivity contribution is 5.96. The van der Waals surface area contributed by atoms with Crippen LogP contribution in [0.1, 0.15) is 15.9 Å². The summed E-state index contributed by atoms with van der Waals surface area (Å²) >= 11 is 0. The van der Waals surface area contributed by atoms with Crippen molar-refractivity contribution in [1.82, 2.24) is 15.4 Å². The van der Waals surface area contributed by atoms with Gasteiger partial charge in [-0.3, -0.25) is 15.0 Å². The van der Waals surface area contributed by atoms with Crippen LogP contribution in [0.2, 0.25) is 0 Å². The lowest BCUT2D eigenvalue weighted by atomic mass is 10.1. The summed E-state index contributed by atoms with van der Waals surface area (Å²) in [5.41, 5.74) is 6.12. The SMILES string of the molecule is Cc1ccccc1-c1cnc2ccc(C(=O)NO)cc2n1. The molecule has 1 amide bonds. The van der Waals surface area contributed by atoms with Gasteiger partial charge >= 0.3 is 0 Å². The van der Waals surface area contributed by atoms with Crippen LogP contribution >= 0.6 is 0 Å². The Kier molecular flexibility index (Phi) is 3.33. The van der Waals surface area contributed by atoms with Crippen LogP contribution in [0.5, 0.6) is 0 Å². The van der Waals surface area contributed by atoms with E-state index in [1.54, 1.807) is 29.9 Å². The van der Waals surface area contributed by atoms with E-state index < -0.39 is 5.91 Å². The van der Waals surface area contributed by atoms with Crippen LogP contribution in [-0.4, -0.2) is 21.1 Å². The first-order valence-corrected chi connectivity index (χ1v) is 6.46. The predicted molar refractivity (Wildman–Crippen MR) is 79.0 cm³/mol. The van der Waals surface area contributed by atoms with E-state index in [1.807, 2.05) is 31.2 Å². The lowest BCUT2D eigenvalue weighted by Crippen LogP contribution is -2.18. The number of rotatable bonds is 2. The number of carbonyl (C=O) groups is 1. The second-order valence-electron chi connectivity index (χ2n) is 4.71. The van der Waals surface area contributed by atoms with Crippen LogP contribution in [0, 0.1) is 6.92 Å². The average molecular weight is 279 g/mol. The quantitative estimate of drug-likeness (QED) is 0.558. The zero-order valence-corrected chi connectivity index (χ0v) is 11.4. The van der Waals surface area contributed by atoms with Crippen LogP contribution < -0.4 is 5.48 Å². The molecule has 0 unspecified atom stereocenters. The van der Waals surface area contributed by atoms with E-state index in [1.165, 1.54) is 0 Å². The Morgan fingerprint density at radius 1 is 1.14 bits per heavy atom. The molecule has 0 spiro atoms. The molecule has 0 saturated heterocycles. The number of amides is 1. The fraction of sp³-hybridized carbons (Fsp3) is 0.0625. The number of hydroxylamine groups is 1. The maximum absolute atomic E-state index is 11.5. The smallest absolute Gasteiger partial charge is 0.274 e. The van der Waals surface area contributed by atoms with Gasteiger partial charge in [0.15, 0.2) is 0 Å². The lowest BCUT2D eigenvalue weighted by molar-refractivity contribution is 0.0706.